The highest BCUT2D eigenvalue weighted by Crippen LogP contribution is 2.67. The minimum atomic E-state index is -0.134. The lowest BCUT2D eigenvalue weighted by Gasteiger charge is -2.58. The van der Waals surface area contributed by atoms with Crippen LogP contribution in [0.1, 0.15) is 131 Å². The van der Waals surface area contributed by atoms with Crippen molar-refractivity contribution in [1.29, 1.82) is 0 Å². The Labute approximate surface area is 271 Å². The SMILES string of the molecule is CC(C)CCC[C@@H](C)C1CC[C@H]2[C@@H]3CC=C4CC(OC(=O)N(CCCN)CCCCNCCCN)CCC4(C)[C@H]3CCC12C. The van der Waals surface area contributed by atoms with E-state index in [1.165, 1.54) is 51.4 Å². The number of ether oxygens (including phenoxy) is 1. The molecule has 5 N–H and O–H groups in total. The third-order valence-electron chi connectivity index (χ3n) is 13.0. The lowest BCUT2D eigenvalue weighted by molar-refractivity contribution is -0.0593. The van der Waals surface area contributed by atoms with Gasteiger partial charge in [-0.25, -0.2) is 4.79 Å². The Bertz CT molecular complexity index is 923. The van der Waals surface area contributed by atoms with Crippen LogP contribution in [0.3, 0.4) is 0 Å². The van der Waals surface area contributed by atoms with Crippen LogP contribution in [-0.4, -0.2) is 56.4 Å². The molecule has 44 heavy (non-hydrogen) atoms. The lowest BCUT2D eigenvalue weighted by atomic mass is 9.47. The number of unbranched alkanes of at least 4 members (excludes halogenated alkanes) is 1. The summed E-state index contributed by atoms with van der Waals surface area (Å²) in [6, 6.07) is 0. The molecule has 4 aliphatic rings. The van der Waals surface area contributed by atoms with E-state index in [0.717, 1.165) is 107 Å². The molecule has 3 fully saturated rings. The van der Waals surface area contributed by atoms with Gasteiger partial charge in [0.2, 0.25) is 0 Å². The van der Waals surface area contributed by atoms with Gasteiger partial charge in [-0.1, -0.05) is 65.5 Å². The van der Waals surface area contributed by atoms with Gasteiger partial charge < -0.3 is 26.4 Å². The smallest absolute Gasteiger partial charge is 0.410 e. The quantitative estimate of drug-likeness (QED) is 0.114. The summed E-state index contributed by atoms with van der Waals surface area (Å²) in [4.78, 5) is 15.3. The fraction of sp³-hybridized carbons (Fsp3) is 0.921. The van der Waals surface area contributed by atoms with Crippen LogP contribution in [-0.2, 0) is 4.74 Å². The van der Waals surface area contributed by atoms with E-state index in [4.69, 9.17) is 16.2 Å². The Hall–Kier alpha value is -1.11. The van der Waals surface area contributed by atoms with E-state index >= 15 is 0 Å². The molecule has 0 radical (unpaired) electrons. The first-order valence-corrected chi connectivity index (χ1v) is 18.9. The summed E-state index contributed by atoms with van der Waals surface area (Å²) >= 11 is 0. The number of nitrogens with one attached hydrogen (secondary N) is 1. The Kier molecular flexibility index (Phi) is 13.5. The Balaban J connectivity index is 1.32. The molecule has 1 amide bonds. The highest BCUT2D eigenvalue weighted by molar-refractivity contribution is 5.67. The summed E-state index contributed by atoms with van der Waals surface area (Å²) in [5.41, 5.74) is 13.8. The zero-order valence-electron chi connectivity index (χ0n) is 29.4. The van der Waals surface area contributed by atoms with Crippen molar-refractivity contribution < 1.29 is 9.53 Å². The van der Waals surface area contributed by atoms with Crippen LogP contribution < -0.4 is 16.8 Å². The first-order chi connectivity index (χ1) is 21.1. The monoisotopic (exact) mass is 615 g/mol. The second-order valence-corrected chi connectivity index (χ2v) is 16.3. The van der Waals surface area contributed by atoms with E-state index in [1.807, 2.05) is 4.90 Å². The molecule has 0 aromatic rings. The standard InChI is InChI=1S/C38H70N4O2/c1-28(2)11-8-12-29(3)33-15-16-34-32-14-13-30-27-31(17-19-37(30,4)35(32)18-20-38(33,34)5)44-36(43)42(26-10-22-40)25-7-6-23-41-24-9-21-39/h13,28-29,31-35,41H,6-12,14-27,39-40H2,1-5H3/t29-,31?,32+,33?,34+,35+,37?,38?/m1/s1. The highest BCUT2D eigenvalue weighted by atomic mass is 16.6. The largest absolute Gasteiger partial charge is 0.446 e. The molecule has 0 aliphatic heterocycles. The number of hydrogen-bond donors (Lipinski definition) is 3. The maximum absolute atomic E-state index is 13.3. The number of nitrogens with two attached hydrogens (primary N) is 2. The zero-order valence-corrected chi connectivity index (χ0v) is 29.4. The fourth-order valence-electron chi connectivity index (χ4n) is 10.5. The molecule has 0 aromatic heterocycles. The van der Waals surface area contributed by atoms with Crippen molar-refractivity contribution in [3.05, 3.63) is 11.6 Å². The van der Waals surface area contributed by atoms with Crippen LogP contribution in [0.15, 0.2) is 11.6 Å². The second kappa shape index (κ2) is 16.6. The fourth-order valence-corrected chi connectivity index (χ4v) is 10.5. The Morgan fingerprint density at radius 2 is 1.68 bits per heavy atom. The van der Waals surface area contributed by atoms with Crippen LogP contribution in [0, 0.1) is 46.3 Å². The van der Waals surface area contributed by atoms with Crippen molar-refractivity contribution in [2.24, 2.45) is 57.8 Å². The molecule has 8 atom stereocenters. The molecule has 254 valence electrons. The highest BCUT2D eigenvalue weighted by Gasteiger charge is 2.59. The molecular weight excluding hydrogens is 544 g/mol. The van der Waals surface area contributed by atoms with Crippen LogP contribution in [0.25, 0.3) is 0 Å². The summed E-state index contributed by atoms with van der Waals surface area (Å²) in [6.07, 6.45) is 20.6. The molecule has 0 bridgehead atoms. The summed E-state index contributed by atoms with van der Waals surface area (Å²) < 4.78 is 6.24. The molecule has 6 nitrogen and oxygen atoms in total. The molecule has 0 spiro atoms. The minimum absolute atomic E-state index is 0.00749. The predicted octanol–water partition coefficient (Wildman–Crippen LogP) is 7.90. The van der Waals surface area contributed by atoms with Crippen molar-refractivity contribution in [2.45, 2.75) is 137 Å². The van der Waals surface area contributed by atoms with Crippen LogP contribution in [0.5, 0.6) is 0 Å². The van der Waals surface area contributed by atoms with E-state index in [1.54, 1.807) is 5.57 Å². The van der Waals surface area contributed by atoms with Crippen molar-refractivity contribution in [1.82, 2.24) is 10.2 Å². The molecule has 6 heteroatoms. The van der Waals surface area contributed by atoms with Gasteiger partial charge in [0.15, 0.2) is 0 Å². The van der Waals surface area contributed by atoms with Crippen molar-refractivity contribution in [2.75, 3.05) is 39.3 Å². The van der Waals surface area contributed by atoms with Gasteiger partial charge in [-0.05, 0) is 143 Å². The van der Waals surface area contributed by atoms with Gasteiger partial charge in [0.25, 0.3) is 0 Å². The molecule has 4 aliphatic carbocycles. The number of hydrogen-bond acceptors (Lipinski definition) is 5. The van der Waals surface area contributed by atoms with E-state index in [2.05, 4.69) is 46.0 Å². The topological polar surface area (TPSA) is 93.6 Å². The maximum Gasteiger partial charge on any atom is 0.410 e. The Morgan fingerprint density at radius 3 is 2.43 bits per heavy atom. The van der Waals surface area contributed by atoms with Crippen LogP contribution in [0.4, 0.5) is 4.79 Å². The maximum atomic E-state index is 13.3. The number of amides is 1. The van der Waals surface area contributed by atoms with Crippen molar-refractivity contribution in [3.63, 3.8) is 0 Å². The number of carbonyl (C=O) groups excluding carboxylic acids is 1. The van der Waals surface area contributed by atoms with Gasteiger partial charge >= 0.3 is 6.09 Å². The molecule has 4 unspecified atom stereocenters. The van der Waals surface area contributed by atoms with Gasteiger partial charge in [0.1, 0.15) is 6.10 Å². The predicted molar refractivity (Wildman–Crippen MR) is 184 cm³/mol. The summed E-state index contributed by atoms with van der Waals surface area (Å²) in [5, 5.41) is 3.44. The van der Waals surface area contributed by atoms with Gasteiger partial charge in [-0.2, -0.15) is 0 Å². The third kappa shape index (κ3) is 8.42. The number of allylic oxidation sites excluding steroid dienone is 1. The van der Waals surface area contributed by atoms with Crippen molar-refractivity contribution in [3.8, 4) is 0 Å². The number of fused-ring (bicyclic) bond motifs is 5. The molecule has 0 aromatic carbocycles. The minimum Gasteiger partial charge on any atom is -0.446 e. The second-order valence-electron chi connectivity index (χ2n) is 16.3. The van der Waals surface area contributed by atoms with Gasteiger partial charge in [0.05, 0.1) is 0 Å². The summed E-state index contributed by atoms with van der Waals surface area (Å²) in [7, 11) is 0. The lowest BCUT2D eigenvalue weighted by Crippen LogP contribution is -2.51. The molecule has 0 saturated heterocycles. The Morgan fingerprint density at radius 1 is 0.932 bits per heavy atom. The van der Waals surface area contributed by atoms with E-state index in [9.17, 15) is 4.79 Å². The van der Waals surface area contributed by atoms with E-state index < -0.39 is 0 Å². The van der Waals surface area contributed by atoms with Crippen LogP contribution >= 0.6 is 0 Å². The van der Waals surface area contributed by atoms with Gasteiger partial charge in [-0.15, -0.1) is 0 Å². The summed E-state index contributed by atoms with van der Waals surface area (Å²) in [5.74, 6) is 5.11. The van der Waals surface area contributed by atoms with Crippen molar-refractivity contribution >= 4 is 6.09 Å². The number of nitrogens with zero attached hydrogens (tertiary/aromatic N) is 1. The molecule has 4 rings (SSSR count). The molecular formula is C38H70N4O2. The van der Waals surface area contributed by atoms with Crippen LogP contribution in [0.2, 0.25) is 0 Å². The van der Waals surface area contributed by atoms with E-state index in [0.29, 0.717) is 18.5 Å². The number of carbonyl (C=O) groups is 1. The van der Waals surface area contributed by atoms with E-state index in [-0.39, 0.29) is 17.6 Å². The summed E-state index contributed by atoms with van der Waals surface area (Å²) in [6.45, 7) is 17.3. The third-order valence-corrected chi connectivity index (χ3v) is 13.0. The number of rotatable bonds is 17. The first-order valence-electron chi connectivity index (χ1n) is 18.9. The normalized spacial score (nSPS) is 33.7. The average molecular weight is 615 g/mol. The first kappa shape index (κ1) is 35.7. The van der Waals surface area contributed by atoms with Gasteiger partial charge in [0, 0.05) is 19.5 Å². The molecule has 3 saturated carbocycles. The average Bonchev–Trinajstić information content (AvgIpc) is 3.35. The zero-order chi connectivity index (χ0) is 31.7. The molecule has 0 heterocycles. The van der Waals surface area contributed by atoms with Gasteiger partial charge in [-0.3, -0.25) is 0 Å².